The van der Waals surface area contributed by atoms with Crippen molar-refractivity contribution in [1.82, 2.24) is 5.32 Å². The molecule has 0 aliphatic heterocycles. The van der Waals surface area contributed by atoms with Crippen molar-refractivity contribution in [2.75, 3.05) is 0 Å². The summed E-state index contributed by atoms with van der Waals surface area (Å²) in [6.45, 7) is 3.98. The van der Waals surface area contributed by atoms with Gasteiger partial charge in [-0.3, -0.25) is 0 Å². The number of rotatable bonds is 3. The van der Waals surface area contributed by atoms with Crippen LogP contribution in [0.2, 0.25) is 0 Å². The molecule has 0 saturated carbocycles. The largest absolute Gasteiger partial charge is 0.343 e. The molecule has 0 radical (unpaired) electrons. The highest BCUT2D eigenvalue weighted by molar-refractivity contribution is 4.84. The van der Waals surface area contributed by atoms with Crippen molar-refractivity contribution < 1.29 is 0 Å². The zero-order valence-electron chi connectivity index (χ0n) is 6.02. The quantitative estimate of drug-likeness (QED) is 0.421. The molecule has 0 saturated heterocycles. The van der Waals surface area contributed by atoms with E-state index in [4.69, 9.17) is 12.2 Å². The maximum absolute atomic E-state index is 5.52. The fraction of sp³-hybridized carbons (Fsp3) is 0.714. The first kappa shape index (κ1) is 8.32. The van der Waals surface area contributed by atoms with E-state index in [1.807, 2.05) is 13.8 Å². The average Bonchev–Trinajstić information content (AvgIpc) is 1.63. The van der Waals surface area contributed by atoms with E-state index in [1.54, 1.807) is 0 Å². The molecule has 0 aliphatic carbocycles. The van der Waals surface area contributed by atoms with Crippen LogP contribution in [-0.4, -0.2) is 12.1 Å². The van der Waals surface area contributed by atoms with Gasteiger partial charge >= 0.3 is 0 Å². The summed E-state index contributed by atoms with van der Waals surface area (Å²) in [7, 11) is 0. The van der Waals surface area contributed by atoms with Gasteiger partial charge in [0.1, 0.15) is 0 Å². The Balaban J connectivity index is 3.29. The molecule has 0 aromatic carbocycles. The second kappa shape index (κ2) is 4.22. The molecule has 0 fully saturated rings. The molecule has 0 spiro atoms. The molecule has 2 heteroatoms. The zero-order valence-corrected chi connectivity index (χ0v) is 6.02. The van der Waals surface area contributed by atoms with E-state index < -0.39 is 0 Å². The molecule has 9 heavy (non-hydrogen) atoms. The highest BCUT2D eigenvalue weighted by Gasteiger charge is 2.00. The van der Waals surface area contributed by atoms with Crippen molar-refractivity contribution in [3.63, 3.8) is 0 Å². The van der Waals surface area contributed by atoms with Gasteiger partial charge in [0, 0.05) is 18.1 Å². The van der Waals surface area contributed by atoms with Gasteiger partial charge in [-0.2, -0.15) is 0 Å². The first-order valence-corrected chi connectivity index (χ1v) is 3.13. The molecule has 0 aliphatic rings. The lowest BCUT2D eigenvalue weighted by Gasteiger charge is -2.11. The first-order chi connectivity index (χ1) is 4.16. The molecule has 0 bridgehead atoms. The van der Waals surface area contributed by atoms with Gasteiger partial charge in [-0.15, -0.1) is 0 Å². The van der Waals surface area contributed by atoms with Crippen molar-refractivity contribution >= 4 is 0 Å². The van der Waals surface area contributed by atoms with Crippen molar-refractivity contribution in [1.29, 1.82) is 0 Å². The summed E-state index contributed by atoms with van der Waals surface area (Å²) in [6.07, 6.45) is 5.92. The smallest absolute Gasteiger partial charge is 0.0327 e. The Kier molecular flexibility index (Phi) is 3.90. The second-order valence-electron chi connectivity index (χ2n) is 2.40. The molecule has 0 aromatic heterocycles. The van der Waals surface area contributed by atoms with Gasteiger partial charge in [-0.25, -0.2) is 0 Å². The minimum atomic E-state index is 0.223. The molecule has 2 nitrogen and oxygen atoms in total. The van der Waals surface area contributed by atoms with Crippen LogP contribution in [0, 0.1) is 12.5 Å². The van der Waals surface area contributed by atoms with Gasteiger partial charge in [0.15, 0.2) is 0 Å². The Morgan fingerprint density at radius 1 is 1.67 bits per heavy atom. The SMILES string of the molecule is C#CNC(C)CC(C)N. The monoisotopic (exact) mass is 126 g/mol. The molecule has 0 aromatic rings. The molecule has 3 N–H and O–H groups in total. The molecule has 52 valence electrons. The van der Waals surface area contributed by atoms with Crippen LogP contribution in [0.4, 0.5) is 0 Å². The Hall–Kier alpha value is -0.680. The fourth-order valence-electron chi connectivity index (χ4n) is 0.759. The van der Waals surface area contributed by atoms with E-state index in [-0.39, 0.29) is 6.04 Å². The van der Waals surface area contributed by atoms with E-state index in [0.29, 0.717) is 6.04 Å². The minimum absolute atomic E-state index is 0.223. The summed E-state index contributed by atoms with van der Waals surface area (Å²) < 4.78 is 0. The van der Waals surface area contributed by atoms with Crippen LogP contribution in [0.1, 0.15) is 20.3 Å². The lowest BCUT2D eigenvalue weighted by Crippen LogP contribution is -2.29. The third-order valence-electron chi connectivity index (χ3n) is 1.06. The van der Waals surface area contributed by atoms with Gasteiger partial charge in [0.25, 0.3) is 0 Å². The molecule has 2 unspecified atom stereocenters. The van der Waals surface area contributed by atoms with Crippen molar-refractivity contribution in [3.8, 4) is 12.5 Å². The highest BCUT2D eigenvalue weighted by Crippen LogP contribution is 1.92. The van der Waals surface area contributed by atoms with Crippen LogP contribution < -0.4 is 11.1 Å². The molecular formula is C7H14N2. The van der Waals surface area contributed by atoms with Gasteiger partial charge in [0.05, 0.1) is 0 Å². The normalized spacial score (nSPS) is 15.8. The van der Waals surface area contributed by atoms with Crippen molar-refractivity contribution in [2.45, 2.75) is 32.4 Å². The van der Waals surface area contributed by atoms with Crippen LogP contribution in [0.25, 0.3) is 0 Å². The third-order valence-corrected chi connectivity index (χ3v) is 1.06. The van der Waals surface area contributed by atoms with Crippen molar-refractivity contribution in [3.05, 3.63) is 0 Å². The van der Waals surface area contributed by atoms with Gasteiger partial charge < -0.3 is 11.1 Å². The minimum Gasteiger partial charge on any atom is -0.343 e. The summed E-state index contributed by atoms with van der Waals surface area (Å²) >= 11 is 0. The van der Waals surface area contributed by atoms with Gasteiger partial charge in [-0.1, -0.05) is 6.42 Å². The fourth-order valence-corrected chi connectivity index (χ4v) is 0.759. The first-order valence-electron chi connectivity index (χ1n) is 3.13. The van der Waals surface area contributed by atoms with E-state index in [0.717, 1.165) is 6.42 Å². The Bertz CT molecular complexity index is 102. The van der Waals surface area contributed by atoms with Crippen LogP contribution in [0.15, 0.2) is 0 Å². The summed E-state index contributed by atoms with van der Waals surface area (Å²) in [5, 5.41) is 2.82. The topological polar surface area (TPSA) is 38.0 Å². The van der Waals surface area contributed by atoms with Crippen LogP contribution >= 0.6 is 0 Å². The average molecular weight is 126 g/mol. The second-order valence-corrected chi connectivity index (χ2v) is 2.40. The van der Waals surface area contributed by atoms with Crippen LogP contribution in [-0.2, 0) is 0 Å². The number of hydrogen-bond acceptors (Lipinski definition) is 2. The predicted molar refractivity (Wildman–Crippen MR) is 39.7 cm³/mol. The van der Waals surface area contributed by atoms with Crippen molar-refractivity contribution in [2.24, 2.45) is 5.73 Å². The highest BCUT2D eigenvalue weighted by atomic mass is 14.9. The maximum atomic E-state index is 5.52. The van der Waals surface area contributed by atoms with E-state index in [9.17, 15) is 0 Å². The van der Waals surface area contributed by atoms with E-state index in [1.165, 1.54) is 0 Å². The van der Waals surface area contributed by atoms with Crippen LogP contribution in [0.3, 0.4) is 0 Å². The zero-order chi connectivity index (χ0) is 7.28. The summed E-state index contributed by atoms with van der Waals surface area (Å²) in [5.74, 6) is 0. The molecular weight excluding hydrogens is 112 g/mol. The third kappa shape index (κ3) is 5.19. The number of hydrogen-bond donors (Lipinski definition) is 2. The van der Waals surface area contributed by atoms with E-state index in [2.05, 4.69) is 11.4 Å². The predicted octanol–water partition coefficient (Wildman–Crippen LogP) is 0.292. The molecule has 2 atom stereocenters. The lowest BCUT2D eigenvalue weighted by molar-refractivity contribution is 0.536. The maximum Gasteiger partial charge on any atom is 0.0327 e. The van der Waals surface area contributed by atoms with Crippen LogP contribution in [0.5, 0.6) is 0 Å². The Morgan fingerprint density at radius 3 is 2.56 bits per heavy atom. The summed E-state index contributed by atoms with van der Waals surface area (Å²) in [5.41, 5.74) is 5.52. The molecule has 0 rings (SSSR count). The van der Waals surface area contributed by atoms with E-state index >= 15 is 0 Å². The Morgan fingerprint density at radius 2 is 2.22 bits per heavy atom. The standard InChI is InChI=1S/C7H14N2/c1-4-9-7(3)5-6(2)8/h1,6-7,9H,5,8H2,2-3H3. The number of nitrogens with one attached hydrogen (secondary N) is 1. The Labute approximate surface area is 56.8 Å². The lowest BCUT2D eigenvalue weighted by atomic mass is 10.1. The summed E-state index contributed by atoms with van der Waals surface area (Å²) in [6, 6.07) is 2.92. The summed E-state index contributed by atoms with van der Waals surface area (Å²) in [4.78, 5) is 0. The van der Waals surface area contributed by atoms with Gasteiger partial charge in [-0.05, 0) is 20.3 Å². The number of terminal acetylenes is 1. The molecule has 0 amide bonds. The van der Waals surface area contributed by atoms with Gasteiger partial charge in [0.2, 0.25) is 0 Å². The number of nitrogens with two attached hydrogens (primary N) is 1. The molecule has 0 heterocycles.